The summed E-state index contributed by atoms with van der Waals surface area (Å²) in [4.78, 5) is 0. The Morgan fingerprint density at radius 1 is 1.28 bits per heavy atom. The molecular formula is C12H20O5S. The van der Waals surface area contributed by atoms with E-state index in [2.05, 4.69) is 6.07 Å². The van der Waals surface area contributed by atoms with E-state index < -0.39 is 10.1 Å². The third kappa shape index (κ3) is 10.1. The summed E-state index contributed by atoms with van der Waals surface area (Å²) in [6, 6.07) is 6.13. The van der Waals surface area contributed by atoms with Crippen LogP contribution in [0.15, 0.2) is 18.2 Å². The highest BCUT2D eigenvalue weighted by Crippen LogP contribution is 2.18. The van der Waals surface area contributed by atoms with Gasteiger partial charge in [0.2, 0.25) is 0 Å². The van der Waals surface area contributed by atoms with Crippen molar-refractivity contribution in [2.75, 3.05) is 19.5 Å². The van der Waals surface area contributed by atoms with E-state index in [0.29, 0.717) is 19.3 Å². The second-order valence-electron chi connectivity index (χ2n) is 3.93. The lowest BCUT2D eigenvalue weighted by Crippen LogP contribution is -2.01. The molecule has 2 N–H and O–H groups in total. The molecule has 0 atom stereocenters. The van der Waals surface area contributed by atoms with Crippen LogP contribution in [0.2, 0.25) is 0 Å². The summed E-state index contributed by atoms with van der Waals surface area (Å²) in [7, 11) is -3.67. The SMILES string of the molecule is CS(=O)(=O)O.Cc1ccc(C)c(OCCCO)c1. The Bertz CT molecular complexity index is 446. The van der Waals surface area contributed by atoms with Crippen LogP contribution in [0.25, 0.3) is 0 Å². The average Bonchev–Trinajstić information content (AvgIpc) is 2.21. The lowest BCUT2D eigenvalue weighted by atomic mass is 10.1. The van der Waals surface area contributed by atoms with Crippen molar-refractivity contribution in [3.8, 4) is 5.75 Å². The van der Waals surface area contributed by atoms with Crippen LogP contribution in [0.5, 0.6) is 5.75 Å². The molecule has 0 unspecified atom stereocenters. The summed E-state index contributed by atoms with van der Waals surface area (Å²) in [5.41, 5.74) is 2.34. The van der Waals surface area contributed by atoms with Gasteiger partial charge in [0.15, 0.2) is 0 Å². The van der Waals surface area contributed by atoms with Crippen molar-refractivity contribution in [2.45, 2.75) is 20.3 Å². The first-order valence-electron chi connectivity index (χ1n) is 5.47. The van der Waals surface area contributed by atoms with Crippen molar-refractivity contribution in [1.82, 2.24) is 0 Å². The molecule has 1 rings (SSSR count). The molecule has 0 bridgehead atoms. The fourth-order valence-electron chi connectivity index (χ4n) is 1.11. The van der Waals surface area contributed by atoms with Crippen LogP contribution in [-0.2, 0) is 10.1 Å². The largest absolute Gasteiger partial charge is 0.493 e. The van der Waals surface area contributed by atoms with E-state index in [4.69, 9.17) is 14.4 Å². The Hall–Kier alpha value is -1.11. The van der Waals surface area contributed by atoms with Crippen molar-refractivity contribution in [3.05, 3.63) is 29.3 Å². The smallest absolute Gasteiger partial charge is 0.261 e. The van der Waals surface area contributed by atoms with Crippen LogP contribution in [-0.4, -0.2) is 37.5 Å². The molecule has 0 aliphatic rings. The third-order valence-corrected chi connectivity index (χ3v) is 1.90. The summed E-state index contributed by atoms with van der Waals surface area (Å²) < 4.78 is 31.4. The van der Waals surface area contributed by atoms with Crippen molar-refractivity contribution >= 4 is 10.1 Å². The molecule has 0 fully saturated rings. The minimum Gasteiger partial charge on any atom is -0.493 e. The lowest BCUT2D eigenvalue weighted by Gasteiger charge is -2.08. The van der Waals surface area contributed by atoms with E-state index in [-0.39, 0.29) is 6.61 Å². The minimum absolute atomic E-state index is 0.185. The topological polar surface area (TPSA) is 83.8 Å². The van der Waals surface area contributed by atoms with Crippen molar-refractivity contribution in [1.29, 1.82) is 0 Å². The van der Waals surface area contributed by atoms with Gasteiger partial charge in [-0.05, 0) is 31.0 Å². The number of aliphatic hydroxyl groups is 1. The zero-order valence-electron chi connectivity index (χ0n) is 10.9. The molecule has 0 saturated carbocycles. The number of aryl methyl sites for hydroxylation is 2. The molecule has 5 nitrogen and oxygen atoms in total. The van der Waals surface area contributed by atoms with Gasteiger partial charge in [-0.15, -0.1) is 0 Å². The van der Waals surface area contributed by atoms with Gasteiger partial charge in [-0.25, -0.2) is 0 Å². The number of hydrogen-bond donors (Lipinski definition) is 2. The Labute approximate surface area is 108 Å². The van der Waals surface area contributed by atoms with Gasteiger partial charge in [0, 0.05) is 13.0 Å². The van der Waals surface area contributed by atoms with Crippen LogP contribution in [0.4, 0.5) is 0 Å². The zero-order valence-corrected chi connectivity index (χ0v) is 11.7. The van der Waals surface area contributed by atoms with Crippen LogP contribution in [0.3, 0.4) is 0 Å². The minimum atomic E-state index is -3.67. The summed E-state index contributed by atoms with van der Waals surface area (Å²) in [6.07, 6.45) is 1.40. The van der Waals surface area contributed by atoms with Crippen LogP contribution in [0, 0.1) is 13.8 Å². The summed E-state index contributed by atoms with van der Waals surface area (Å²) >= 11 is 0. The van der Waals surface area contributed by atoms with Crippen LogP contribution >= 0.6 is 0 Å². The number of aliphatic hydroxyl groups excluding tert-OH is 1. The van der Waals surface area contributed by atoms with Gasteiger partial charge in [-0.3, -0.25) is 4.55 Å². The first-order chi connectivity index (χ1) is 8.24. The molecule has 0 amide bonds. The molecule has 0 aliphatic carbocycles. The third-order valence-electron chi connectivity index (χ3n) is 1.90. The Morgan fingerprint density at radius 3 is 2.33 bits per heavy atom. The fraction of sp³-hybridized carbons (Fsp3) is 0.500. The van der Waals surface area contributed by atoms with E-state index in [0.717, 1.165) is 11.3 Å². The van der Waals surface area contributed by atoms with E-state index in [1.165, 1.54) is 5.56 Å². The van der Waals surface area contributed by atoms with Crippen LogP contribution < -0.4 is 4.74 Å². The highest BCUT2D eigenvalue weighted by atomic mass is 32.2. The monoisotopic (exact) mass is 276 g/mol. The molecule has 0 spiro atoms. The van der Waals surface area contributed by atoms with Crippen molar-refractivity contribution in [2.24, 2.45) is 0 Å². The maximum Gasteiger partial charge on any atom is 0.261 e. The summed E-state index contributed by atoms with van der Waals surface area (Å²) in [5, 5.41) is 8.59. The molecule has 1 aromatic carbocycles. The number of benzene rings is 1. The molecule has 6 heteroatoms. The molecular weight excluding hydrogens is 256 g/mol. The van der Waals surface area contributed by atoms with Gasteiger partial charge in [-0.1, -0.05) is 12.1 Å². The average molecular weight is 276 g/mol. The quantitative estimate of drug-likeness (QED) is 0.644. The van der Waals surface area contributed by atoms with E-state index >= 15 is 0 Å². The standard InChI is InChI=1S/C11H16O2.CH4O3S/c1-9-4-5-10(2)11(8-9)13-7-3-6-12;1-5(2,3)4/h4-5,8,12H,3,6-7H2,1-2H3;1H3,(H,2,3,4). The van der Waals surface area contributed by atoms with E-state index in [9.17, 15) is 8.42 Å². The molecule has 0 aromatic heterocycles. The number of rotatable bonds is 4. The first-order valence-corrected chi connectivity index (χ1v) is 7.32. The van der Waals surface area contributed by atoms with E-state index in [1.807, 2.05) is 26.0 Å². The lowest BCUT2D eigenvalue weighted by molar-refractivity contribution is 0.233. The second-order valence-corrected chi connectivity index (χ2v) is 5.39. The van der Waals surface area contributed by atoms with Gasteiger partial charge in [0.25, 0.3) is 10.1 Å². The summed E-state index contributed by atoms with van der Waals surface area (Å²) in [5.74, 6) is 0.924. The van der Waals surface area contributed by atoms with Gasteiger partial charge in [-0.2, -0.15) is 8.42 Å². The first kappa shape index (κ1) is 16.9. The highest BCUT2D eigenvalue weighted by molar-refractivity contribution is 7.85. The maximum absolute atomic E-state index is 9.19. The molecule has 0 aliphatic heterocycles. The maximum atomic E-state index is 9.19. The highest BCUT2D eigenvalue weighted by Gasteiger charge is 1.98. The van der Waals surface area contributed by atoms with E-state index in [1.54, 1.807) is 0 Å². The Morgan fingerprint density at radius 2 is 1.83 bits per heavy atom. The van der Waals surface area contributed by atoms with Gasteiger partial charge in [0.1, 0.15) is 5.75 Å². The van der Waals surface area contributed by atoms with Crippen LogP contribution in [0.1, 0.15) is 17.5 Å². The molecule has 0 heterocycles. The molecule has 0 saturated heterocycles. The Kier molecular flexibility index (Phi) is 7.58. The zero-order chi connectivity index (χ0) is 14.2. The Balaban J connectivity index is 0.000000494. The van der Waals surface area contributed by atoms with Crippen molar-refractivity contribution < 1.29 is 22.8 Å². The number of hydrogen-bond acceptors (Lipinski definition) is 4. The predicted octanol–water partition coefficient (Wildman–Crippen LogP) is 1.57. The molecule has 18 heavy (non-hydrogen) atoms. The van der Waals surface area contributed by atoms with Gasteiger partial charge in [0.05, 0.1) is 12.9 Å². The molecule has 104 valence electrons. The second kappa shape index (κ2) is 8.07. The predicted molar refractivity (Wildman–Crippen MR) is 70.6 cm³/mol. The molecule has 0 radical (unpaired) electrons. The normalized spacial score (nSPS) is 10.5. The van der Waals surface area contributed by atoms with Gasteiger partial charge >= 0.3 is 0 Å². The fourth-order valence-corrected chi connectivity index (χ4v) is 1.11. The summed E-state index contributed by atoms with van der Waals surface area (Å²) in [6.45, 7) is 4.83. The number of ether oxygens (including phenoxy) is 1. The van der Waals surface area contributed by atoms with Crippen molar-refractivity contribution in [3.63, 3.8) is 0 Å². The molecule has 1 aromatic rings. The van der Waals surface area contributed by atoms with Gasteiger partial charge < -0.3 is 9.84 Å².